The lowest BCUT2D eigenvalue weighted by Crippen LogP contribution is -2.09. The average Bonchev–Trinajstić information content (AvgIpc) is 2.38. The van der Waals surface area contributed by atoms with E-state index in [1.807, 2.05) is 0 Å². The Morgan fingerprint density at radius 1 is 1.90 bits per heavy atom. The molecule has 1 atom stereocenters. The van der Waals surface area contributed by atoms with E-state index in [-0.39, 0.29) is 6.04 Å². The third-order valence-electron chi connectivity index (χ3n) is 1.15. The van der Waals surface area contributed by atoms with Gasteiger partial charge < -0.3 is 5.73 Å². The number of hydrogen-bond acceptors (Lipinski definition) is 3. The van der Waals surface area contributed by atoms with Crippen molar-refractivity contribution in [3.8, 4) is 12.3 Å². The van der Waals surface area contributed by atoms with Crippen molar-refractivity contribution < 1.29 is 0 Å². The highest BCUT2D eigenvalue weighted by atomic mass is 15.3. The third-order valence-corrected chi connectivity index (χ3v) is 1.15. The molecule has 0 unspecified atom stereocenters. The molecular weight excluding hydrogens is 128 g/mol. The topological polar surface area (TPSA) is 67.6 Å². The lowest BCUT2D eigenvalue weighted by Gasteiger charge is -1.99. The second-order valence-corrected chi connectivity index (χ2v) is 1.91. The van der Waals surface area contributed by atoms with Gasteiger partial charge in [-0.2, -0.15) is 0 Å². The number of rotatable bonds is 2. The minimum absolute atomic E-state index is 0.191. The summed E-state index contributed by atoms with van der Waals surface area (Å²) in [6.45, 7) is 0. The van der Waals surface area contributed by atoms with Crippen LogP contribution in [0.1, 0.15) is 18.2 Å². The normalized spacial score (nSPS) is 12.4. The Morgan fingerprint density at radius 3 is 3.20 bits per heavy atom. The van der Waals surface area contributed by atoms with Gasteiger partial charge in [0.05, 0.1) is 6.04 Å². The summed E-state index contributed by atoms with van der Waals surface area (Å²) in [5.74, 6) is 2.45. The summed E-state index contributed by atoms with van der Waals surface area (Å²) >= 11 is 0. The zero-order valence-electron chi connectivity index (χ0n) is 5.41. The molecule has 10 heavy (non-hydrogen) atoms. The third kappa shape index (κ3) is 1.33. The van der Waals surface area contributed by atoms with Crippen molar-refractivity contribution in [3.05, 3.63) is 11.9 Å². The van der Waals surface area contributed by atoms with E-state index in [1.54, 1.807) is 6.20 Å². The van der Waals surface area contributed by atoms with Crippen molar-refractivity contribution in [2.24, 2.45) is 5.73 Å². The largest absolute Gasteiger partial charge is 0.322 e. The van der Waals surface area contributed by atoms with Crippen LogP contribution < -0.4 is 5.73 Å². The molecule has 0 fully saturated rings. The van der Waals surface area contributed by atoms with Crippen LogP contribution in [0.25, 0.3) is 0 Å². The second-order valence-electron chi connectivity index (χ2n) is 1.91. The molecule has 1 heterocycles. The van der Waals surface area contributed by atoms with Crippen molar-refractivity contribution in [2.45, 2.75) is 12.5 Å². The quantitative estimate of drug-likeness (QED) is 0.554. The van der Waals surface area contributed by atoms with Gasteiger partial charge in [0.1, 0.15) is 5.69 Å². The molecule has 0 radical (unpaired) electrons. The Kier molecular flexibility index (Phi) is 2.03. The standard InChI is InChI=1S/C6H8N4/c1-2-3-5(7)6-4-8-10-9-6/h1,4-5H,3,7H2,(H,8,9,10)/t5-/m1/s1. The zero-order valence-corrected chi connectivity index (χ0v) is 5.41. The number of terminal acetylenes is 1. The van der Waals surface area contributed by atoms with Gasteiger partial charge in [-0.1, -0.05) is 5.21 Å². The van der Waals surface area contributed by atoms with Crippen LogP contribution in [0.4, 0.5) is 0 Å². The van der Waals surface area contributed by atoms with Crippen LogP contribution in [-0.2, 0) is 0 Å². The van der Waals surface area contributed by atoms with E-state index in [1.165, 1.54) is 0 Å². The summed E-state index contributed by atoms with van der Waals surface area (Å²) in [4.78, 5) is 0. The van der Waals surface area contributed by atoms with Gasteiger partial charge in [-0.25, -0.2) is 0 Å². The Labute approximate surface area is 58.8 Å². The highest BCUT2D eigenvalue weighted by Crippen LogP contribution is 2.06. The molecule has 0 aliphatic rings. The molecule has 0 saturated carbocycles. The fraction of sp³-hybridized carbons (Fsp3) is 0.333. The predicted molar refractivity (Wildman–Crippen MR) is 36.8 cm³/mol. The molecule has 3 N–H and O–H groups in total. The van der Waals surface area contributed by atoms with Gasteiger partial charge in [-0.15, -0.1) is 17.4 Å². The second kappa shape index (κ2) is 2.99. The number of nitrogens with two attached hydrogens (primary N) is 1. The van der Waals surface area contributed by atoms with Crippen molar-refractivity contribution in [1.82, 2.24) is 15.4 Å². The van der Waals surface area contributed by atoms with E-state index in [0.29, 0.717) is 12.1 Å². The van der Waals surface area contributed by atoms with Crippen molar-refractivity contribution in [2.75, 3.05) is 0 Å². The van der Waals surface area contributed by atoms with Crippen LogP contribution in [0.15, 0.2) is 6.20 Å². The van der Waals surface area contributed by atoms with E-state index in [0.717, 1.165) is 0 Å². The Morgan fingerprint density at radius 2 is 2.70 bits per heavy atom. The monoisotopic (exact) mass is 136 g/mol. The summed E-state index contributed by atoms with van der Waals surface area (Å²) in [5.41, 5.74) is 6.29. The summed E-state index contributed by atoms with van der Waals surface area (Å²) in [5, 5.41) is 9.77. The maximum atomic E-state index is 5.58. The van der Waals surface area contributed by atoms with Crippen molar-refractivity contribution in [3.63, 3.8) is 0 Å². The van der Waals surface area contributed by atoms with E-state index in [4.69, 9.17) is 12.2 Å². The molecule has 0 bridgehead atoms. The molecular formula is C6H8N4. The summed E-state index contributed by atoms with van der Waals surface area (Å²) in [6.07, 6.45) is 7.18. The summed E-state index contributed by atoms with van der Waals surface area (Å²) < 4.78 is 0. The average molecular weight is 136 g/mol. The number of hydrogen-bond donors (Lipinski definition) is 2. The van der Waals surface area contributed by atoms with Crippen LogP contribution in [0.2, 0.25) is 0 Å². The first-order chi connectivity index (χ1) is 4.84. The Hall–Kier alpha value is -1.34. The van der Waals surface area contributed by atoms with E-state index < -0.39 is 0 Å². The molecule has 0 aromatic carbocycles. The lowest BCUT2D eigenvalue weighted by atomic mass is 10.2. The molecule has 4 heteroatoms. The number of nitrogens with zero attached hydrogens (tertiary/aromatic N) is 2. The molecule has 0 amide bonds. The fourth-order valence-corrected chi connectivity index (χ4v) is 0.623. The maximum Gasteiger partial charge on any atom is 0.100 e. The van der Waals surface area contributed by atoms with Gasteiger partial charge >= 0.3 is 0 Å². The van der Waals surface area contributed by atoms with Gasteiger partial charge in [0.25, 0.3) is 0 Å². The van der Waals surface area contributed by atoms with Crippen molar-refractivity contribution >= 4 is 0 Å². The minimum atomic E-state index is -0.191. The Bertz CT molecular complexity index is 220. The molecule has 0 spiro atoms. The van der Waals surface area contributed by atoms with Crippen LogP contribution in [-0.4, -0.2) is 15.4 Å². The zero-order chi connectivity index (χ0) is 7.40. The molecule has 52 valence electrons. The van der Waals surface area contributed by atoms with E-state index in [2.05, 4.69) is 21.3 Å². The van der Waals surface area contributed by atoms with Crippen LogP contribution >= 0.6 is 0 Å². The first kappa shape index (κ1) is 6.78. The van der Waals surface area contributed by atoms with Gasteiger partial charge in [0, 0.05) is 12.6 Å². The molecule has 0 aliphatic carbocycles. The predicted octanol–water partition coefficient (Wildman–Crippen LogP) is -0.172. The van der Waals surface area contributed by atoms with Crippen LogP contribution in [0, 0.1) is 12.3 Å². The number of aromatic nitrogens is 3. The SMILES string of the molecule is C#CC[C@@H](N)c1c[nH]nn1. The molecule has 1 aromatic heterocycles. The molecule has 0 aliphatic heterocycles. The van der Waals surface area contributed by atoms with Crippen molar-refractivity contribution in [1.29, 1.82) is 0 Å². The first-order valence-electron chi connectivity index (χ1n) is 2.90. The van der Waals surface area contributed by atoms with Gasteiger partial charge in [-0.3, -0.25) is 5.10 Å². The highest BCUT2D eigenvalue weighted by molar-refractivity contribution is 5.03. The van der Waals surface area contributed by atoms with Crippen LogP contribution in [0.3, 0.4) is 0 Å². The summed E-state index contributed by atoms with van der Waals surface area (Å²) in [6, 6.07) is -0.191. The van der Waals surface area contributed by atoms with Gasteiger partial charge in [-0.05, 0) is 0 Å². The van der Waals surface area contributed by atoms with E-state index in [9.17, 15) is 0 Å². The molecule has 0 saturated heterocycles. The lowest BCUT2D eigenvalue weighted by molar-refractivity contribution is 0.718. The van der Waals surface area contributed by atoms with Gasteiger partial charge in [0.15, 0.2) is 0 Å². The molecule has 4 nitrogen and oxygen atoms in total. The first-order valence-corrected chi connectivity index (χ1v) is 2.90. The number of aromatic amines is 1. The molecule has 1 rings (SSSR count). The van der Waals surface area contributed by atoms with E-state index >= 15 is 0 Å². The highest BCUT2D eigenvalue weighted by Gasteiger charge is 2.05. The minimum Gasteiger partial charge on any atom is -0.322 e. The smallest absolute Gasteiger partial charge is 0.100 e. The fourth-order valence-electron chi connectivity index (χ4n) is 0.623. The number of H-pyrrole nitrogens is 1. The van der Waals surface area contributed by atoms with Gasteiger partial charge in [0.2, 0.25) is 0 Å². The Balaban J connectivity index is 2.61. The maximum absolute atomic E-state index is 5.58. The number of nitrogens with one attached hydrogen (secondary N) is 1. The summed E-state index contributed by atoms with van der Waals surface area (Å²) in [7, 11) is 0. The van der Waals surface area contributed by atoms with Crippen LogP contribution in [0.5, 0.6) is 0 Å². The molecule has 1 aromatic rings.